The minimum Gasteiger partial charge on any atom is -0.439 e. The van der Waals surface area contributed by atoms with E-state index in [0.717, 1.165) is 36.6 Å². The number of hydrogen-bond donors (Lipinski definition) is 2. The second-order valence-corrected chi connectivity index (χ2v) is 11.4. The van der Waals surface area contributed by atoms with Gasteiger partial charge in [0.05, 0.1) is 33.5 Å². The molecule has 2 aliphatic rings. The van der Waals surface area contributed by atoms with Crippen molar-refractivity contribution < 1.29 is 19.1 Å². The van der Waals surface area contributed by atoms with Crippen LogP contribution in [0.15, 0.2) is 54.9 Å². The van der Waals surface area contributed by atoms with Crippen molar-refractivity contribution in [1.82, 2.24) is 15.3 Å². The molecule has 3 aromatic heterocycles. The summed E-state index contributed by atoms with van der Waals surface area (Å²) in [6.45, 7) is 3.43. The normalized spacial score (nSPS) is 18.4. The molecule has 4 heterocycles. The first kappa shape index (κ1) is 25.9. The highest BCUT2D eigenvalue weighted by Gasteiger charge is 2.34. The van der Waals surface area contributed by atoms with Crippen molar-refractivity contribution in [3.63, 3.8) is 0 Å². The summed E-state index contributed by atoms with van der Waals surface area (Å²) < 4.78 is 5.86. The molecule has 6 rings (SSSR count). The largest absolute Gasteiger partial charge is 0.439 e. The van der Waals surface area contributed by atoms with E-state index in [0.29, 0.717) is 44.8 Å². The average Bonchev–Trinajstić information content (AvgIpc) is 3.29. The number of carbonyl (C=O) groups excluding carboxylic acids is 3. The summed E-state index contributed by atoms with van der Waals surface area (Å²) >= 11 is 1.31. The number of carbonyl (C=O) groups is 3. The Kier molecular flexibility index (Phi) is 6.93. The molecule has 204 valence electrons. The summed E-state index contributed by atoms with van der Waals surface area (Å²) in [6, 6.07) is 12.7. The van der Waals surface area contributed by atoms with E-state index in [4.69, 9.17) is 4.74 Å². The number of nitrogens with zero attached hydrogens (tertiary/aromatic N) is 3. The number of anilines is 3. The summed E-state index contributed by atoms with van der Waals surface area (Å²) in [5.41, 5.74) is 2.60. The van der Waals surface area contributed by atoms with Gasteiger partial charge in [-0.2, -0.15) is 0 Å². The van der Waals surface area contributed by atoms with E-state index >= 15 is 0 Å². The maximum absolute atomic E-state index is 13.5. The van der Waals surface area contributed by atoms with Gasteiger partial charge in [0.2, 0.25) is 11.8 Å². The number of amides is 3. The van der Waals surface area contributed by atoms with Crippen molar-refractivity contribution in [3.8, 4) is 11.6 Å². The zero-order valence-electron chi connectivity index (χ0n) is 22.3. The first-order valence-corrected chi connectivity index (χ1v) is 14.2. The average molecular weight is 556 g/mol. The predicted octanol–water partition coefficient (Wildman–Crippen LogP) is 6.74. The van der Waals surface area contributed by atoms with Gasteiger partial charge in [-0.15, -0.1) is 11.3 Å². The number of para-hydroxylation sites is 1. The minimum atomic E-state index is -0.363. The van der Waals surface area contributed by atoms with E-state index in [2.05, 4.69) is 20.6 Å². The number of aryl methyl sites for hydroxylation is 1. The van der Waals surface area contributed by atoms with Gasteiger partial charge in [0.15, 0.2) is 5.78 Å². The summed E-state index contributed by atoms with van der Waals surface area (Å²) in [5, 5.41) is 6.72. The van der Waals surface area contributed by atoms with Crippen LogP contribution in [0.4, 0.5) is 21.9 Å². The Morgan fingerprint density at radius 1 is 1.15 bits per heavy atom. The fraction of sp³-hybridized carbons (Fsp3) is 0.300. The maximum atomic E-state index is 13.5. The van der Waals surface area contributed by atoms with E-state index in [1.165, 1.54) is 18.3 Å². The standard InChI is InChI=1S/C30H29N5O4S/c1-17-13-25(39-21-9-4-3-5-10-21)32-16-23(17)35-22-11-12-31-29-26(22)27(34-30(35)38)28(40-29)24(37)15-19-7-6-8-20(14-19)33-18(2)36/h3-5,9-13,16,19-20H,6-8,14-15H2,1-2H3,(H,33,36)(H,34,38)/t19-,20+/m1/s1. The van der Waals surface area contributed by atoms with E-state index in [1.807, 2.05) is 37.3 Å². The van der Waals surface area contributed by atoms with Crippen LogP contribution in [-0.2, 0) is 4.79 Å². The van der Waals surface area contributed by atoms with Gasteiger partial charge in [-0.1, -0.05) is 24.6 Å². The molecule has 0 saturated heterocycles. The number of nitrogens with one attached hydrogen (secondary N) is 2. The van der Waals surface area contributed by atoms with Crippen molar-refractivity contribution in [2.45, 2.75) is 52.0 Å². The monoisotopic (exact) mass is 555 g/mol. The highest BCUT2D eigenvalue weighted by atomic mass is 32.1. The molecular formula is C30H29N5O4S. The number of benzene rings is 1. The molecule has 4 aromatic rings. The van der Waals surface area contributed by atoms with Gasteiger partial charge in [-0.05, 0) is 55.9 Å². The number of pyridine rings is 2. The Balaban J connectivity index is 1.28. The molecule has 10 heteroatoms. The minimum absolute atomic E-state index is 0.00793. The highest BCUT2D eigenvalue weighted by Crippen LogP contribution is 2.47. The lowest BCUT2D eigenvalue weighted by molar-refractivity contribution is -0.119. The quantitative estimate of drug-likeness (QED) is 0.244. The first-order valence-electron chi connectivity index (χ1n) is 13.4. The molecular weight excluding hydrogens is 526 g/mol. The Morgan fingerprint density at radius 3 is 2.75 bits per heavy atom. The zero-order chi connectivity index (χ0) is 27.8. The van der Waals surface area contributed by atoms with Crippen molar-refractivity contribution in [2.24, 2.45) is 5.92 Å². The van der Waals surface area contributed by atoms with Crippen molar-refractivity contribution in [2.75, 3.05) is 10.2 Å². The van der Waals surface area contributed by atoms with Crippen LogP contribution < -0.4 is 20.3 Å². The lowest BCUT2D eigenvalue weighted by Crippen LogP contribution is -2.37. The number of urea groups is 1. The Labute approximate surface area is 235 Å². The van der Waals surface area contributed by atoms with E-state index in [-0.39, 0.29) is 29.7 Å². The van der Waals surface area contributed by atoms with Crippen LogP contribution >= 0.6 is 11.3 Å². The molecule has 9 nitrogen and oxygen atoms in total. The van der Waals surface area contributed by atoms with E-state index < -0.39 is 0 Å². The van der Waals surface area contributed by atoms with Gasteiger partial charge in [0, 0.05) is 31.6 Å². The number of thiophene rings is 1. The Morgan fingerprint density at radius 2 is 1.98 bits per heavy atom. The van der Waals surface area contributed by atoms with Gasteiger partial charge in [0.1, 0.15) is 10.6 Å². The van der Waals surface area contributed by atoms with Crippen LogP contribution in [0.5, 0.6) is 11.6 Å². The number of hydrogen-bond acceptors (Lipinski definition) is 7. The van der Waals surface area contributed by atoms with Crippen LogP contribution in [0.1, 0.15) is 54.3 Å². The molecule has 1 aliphatic heterocycles. The number of Topliss-reactive ketones (excluding diaryl/α,β-unsaturated/α-hetero) is 1. The van der Waals surface area contributed by atoms with Crippen LogP contribution in [0.2, 0.25) is 0 Å². The van der Waals surface area contributed by atoms with Gasteiger partial charge in [-0.3, -0.25) is 14.5 Å². The third-order valence-corrected chi connectivity index (χ3v) is 8.57. The van der Waals surface area contributed by atoms with Crippen LogP contribution in [0, 0.1) is 12.8 Å². The SMILES string of the molecule is CC(=O)N[C@H]1CCC[C@@H](CC(=O)c2sc3nccc4c3c2NC(=O)N4c2cnc(Oc3ccccc3)cc2C)C1. The third-order valence-electron chi connectivity index (χ3n) is 7.43. The number of ketones is 1. The van der Waals surface area contributed by atoms with Gasteiger partial charge in [-0.25, -0.2) is 14.8 Å². The summed E-state index contributed by atoms with van der Waals surface area (Å²) in [7, 11) is 0. The Hall–Kier alpha value is -4.31. The van der Waals surface area contributed by atoms with E-state index in [1.54, 1.807) is 29.4 Å². The van der Waals surface area contributed by atoms with E-state index in [9.17, 15) is 14.4 Å². The van der Waals surface area contributed by atoms with Crippen LogP contribution in [0.3, 0.4) is 0 Å². The molecule has 3 amide bonds. The molecule has 1 aromatic carbocycles. The lowest BCUT2D eigenvalue weighted by Gasteiger charge is -2.30. The molecule has 0 bridgehead atoms. The zero-order valence-corrected chi connectivity index (χ0v) is 23.1. The third kappa shape index (κ3) is 5.02. The molecule has 1 saturated carbocycles. The topological polar surface area (TPSA) is 114 Å². The number of aromatic nitrogens is 2. The van der Waals surface area contributed by atoms with Crippen molar-refractivity contribution in [1.29, 1.82) is 0 Å². The fourth-order valence-corrected chi connectivity index (χ4v) is 6.76. The second-order valence-electron chi connectivity index (χ2n) is 10.4. The molecule has 1 fully saturated rings. The van der Waals surface area contributed by atoms with Gasteiger partial charge in [0.25, 0.3) is 0 Å². The molecule has 0 unspecified atom stereocenters. The molecule has 40 heavy (non-hydrogen) atoms. The predicted molar refractivity (Wildman–Crippen MR) is 155 cm³/mol. The van der Waals surface area contributed by atoms with Crippen LogP contribution in [-0.4, -0.2) is 33.7 Å². The molecule has 2 atom stereocenters. The number of rotatable bonds is 7. The molecule has 0 spiro atoms. The van der Waals surface area contributed by atoms with Gasteiger partial charge >= 0.3 is 6.03 Å². The van der Waals surface area contributed by atoms with Crippen LogP contribution in [0.25, 0.3) is 10.2 Å². The molecule has 2 N–H and O–H groups in total. The molecule has 0 radical (unpaired) electrons. The lowest BCUT2D eigenvalue weighted by atomic mass is 9.82. The van der Waals surface area contributed by atoms with Gasteiger partial charge < -0.3 is 15.4 Å². The second kappa shape index (κ2) is 10.7. The fourth-order valence-electron chi connectivity index (χ4n) is 5.69. The first-order chi connectivity index (χ1) is 19.4. The molecule has 1 aliphatic carbocycles. The number of ether oxygens (including phenoxy) is 1. The summed E-state index contributed by atoms with van der Waals surface area (Å²) in [5.74, 6) is 1.24. The maximum Gasteiger partial charge on any atom is 0.331 e. The summed E-state index contributed by atoms with van der Waals surface area (Å²) in [6.07, 6.45) is 7.29. The Bertz CT molecular complexity index is 1620. The highest BCUT2D eigenvalue weighted by molar-refractivity contribution is 7.21. The van der Waals surface area contributed by atoms with Crippen molar-refractivity contribution in [3.05, 3.63) is 65.3 Å². The smallest absolute Gasteiger partial charge is 0.331 e. The summed E-state index contributed by atoms with van der Waals surface area (Å²) in [4.78, 5) is 50.3. The van der Waals surface area contributed by atoms with Crippen molar-refractivity contribution >= 4 is 56.3 Å².